The second-order valence-corrected chi connectivity index (χ2v) is 8.02. The standard InChI is InChI=1S/C22H31N3O3/c1-7-19-18(15-23-25(19)17-12-10-16(2)11-13-17)21(27)24(6)14-8-9-20(26)28-22(3,4)5/h10-13,15H,7-9,14H2,1-6H3. The summed E-state index contributed by atoms with van der Waals surface area (Å²) < 4.78 is 7.13. The van der Waals surface area contributed by atoms with Gasteiger partial charge in [-0.25, -0.2) is 4.68 Å². The van der Waals surface area contributed by atoms with Crippen molar-refractivity contribution in [2.75, 3.05) is 13.6 Å². The molecule has 2 aromatic rings. The first-order valence-corrected chi connectivity index (χ1v) is 9.73. The zero-order valence-corrected chi connectivity index (χ0v) is 17.8. The Kier molecular flexibility index (Phi) is 7.00. The van der Waals surface area contributed by atoms with Crippen LogP contribution in [-0.4, -0.2) is 45.8 Å². The van der Waals surface area contributed by atoms with Crippen LogP contribution in [0.15, 0.2) is 30.5 Å². The lowest BCUT2D eigenvalue weighted by molar-refractivity contribution is -0.154. The lowest BCUT2D eigenvalue weighted by Gasteiger charge is -2.20. The monoisotopic (exact) mass is 385 g/mol. The van der Waals surface area contributed by atoms with Crippen molar-refractivity contribution in [2.24, 2.45) is 0 Å². The maximum absolute atomic E-state index is 12.9. The van der Waals surface area contributed by atoms with E-state index in [1.54, 1.807) is 18.1 Å². The van der Waals surface area contributed by atoms with Gasteiger partial charge in [-0.15, -0.1) is 0 Å². The van der Waals surface area contributed by atoms with Crippen LogP contribution in [0, 0.1) is 6.92 Å². The summed E-state index contributed by atoms with van der Waals surface area (Å²) in [5.74, 6) is -0.325. The number of aromatic nitrogens is 2. The maximum atomic E-state index is 12.9. The van der Waals surface area contributed by atoms with Crippen molar-refractivity contribution in [2.45, 2.75) is 59.5 Å². The van der Waals surface area contributed by atoms with Crippen LogP contribution in [0.5, 0.6) is 0 Å². The molecule has 6 nitrogen and oxygen atoms in total. The highest BCUT2D eigenvalue weighted by Crippen LogP contribution is 2.18. The van der Waals surface area contributed by atoms with E-state index in [9.17, 15) is 9.59 Å². The number of hydrogen-bond acceptors (Lipinski definition) is 4. The summed E-state index contributed by atoms with van der Waals surface area (Å²) in [6.45, 7) is 10.1. The highest BCUT2D eigenvalue weighted by atomic mass is 16.6. The van der Waals surface area contributed by atoms with Gasteiger partial charge in [-0.1, -0.05) is 24.6 Å². The minimum absolute atomic E-state index is 0.0839. The topological polar surface area (TPSA) is 64.4 Å². The Bertz CT molecular complexity index is 817. The molecular formula is C22H31N3O3. The lowest BCUT2D eigenvalue weighted by Crippen LogP contribution is -2.29. The minimum atomic E-state index is -0.487. The first-order chi connectivity index (χ1) is 13.1. The molecule has 0 unspecified atom stereocenters. The SMILES string of the molecule is CCc1c(C(=O)N(C)CCCC(=O)OC(C)(C)C)cnn1-c1ccc(C)cc1. The molecule has 0 spiro atoms. The molecule has 152 valence electrons. The van der Waals surface area contributed by atoms with Crippen LogP contribution in [0.25, 0.3) is 5.69 Å². The zero-order valence-electron chi connectivity index (χ0n) is 17.8. The zero-order chi connectivity index (χ0) is 20.9. The first kappa shape index (κ1) is 21.7. The number of benzene rings is 1. The van der Waals surface area contributed by atoms with Gasteiger partial charge in [0.15, 0.2) is 0 Å². The van der Waals surface area contributed by atoms with Gasteiger partial charge in [-0.3, -0.25) is 9.59 Å². The van der Waals surface area contributed by atoms with Crippen molar-refractivity contribution in [3.05, 3.63) is 47.3 Å². The van der Waals surface area contributed by atoms with E-state index in [1.165, 1.54) is 5.56 Å². The van der Waals surface area contributed by atoms with E-state index in [2.05, 4.69) is 5.10 Å². The highest BCUT2D eigenvalue weighted by molar-refractivity contribution is 5.95. The van der Waals surface area contributed by atoms with E-state index in [0.29, 0.717) is 24.9 Å². The number of nitrogens with zero attached hydrogens (tertiary/aromatic N) is 3. The molecule has 0 fully saturated rings. The molecule has 0 aliphatic heterocycles. The summed E-state index contributed by atoms with van der Waals surface area (Å²) in [5.41, 5.74) is 3.11. The number of esters is 1. The number of aryl methyl sites for hydroxylation is 1. The summed E-state index contributed by atoms with van der Waals surface area (Å²) in [4.78, 5) is 26.3. The molecule has 2 rings (SSSR count). The number of carbonyl (C=O) groups excluding carboxylic acids is 2. The summed E-state index contributed by atoms with van der Waals surface area (Å²) in [6.07, 6.45) is 3.18. The average molecular weight is 386 g/mol. The third kappa shape index (κ3) is 5.68. The van der Waals surface area contributed by atoms with Crippen molar-refractivity contribution in [1.29, 1.82) is 0 Å². The van der Waals surface area contributed by atoms with Crippen molar-refractivity contribution < 1.29 is 14.3 Å². The van der Waals surface area contributed by atoms with Crippen molar-refractivity contribution >= 4 is 11.9 Å². The third-order valence-electron chi connectivity index (χ3n) is 4.35. The summed E-state index contributed by atoms with van der Waals surface area (Å²) in [7, 11) is 1.75. The van der Waals surface area contributed by atoms with Gasteiger partial charge < -0.3 is 9.64 Å². The molecule has 1 heterocycles. The first-order valence-electron chi connectivity index (χ1n) is 9.73. The van der Waals surface area contributed by atoms with E-state index in [0.717, 1.165) is 11.4 Å². The van der Waals surface area contributed by atoms with Crippen molar-refractivity contribution in [3.63, 3.8) is 0 Å². The van der Waals surface area contributed by atoms with E-state index in [-0.39, 0.29) is 18.3 Å². The number of ether oxygens (including phenoxy) is 1. The van der Waals surface area contributed by atoms with Crippen LogP contribution in [0.4, 0.5) is 0 Å². The number of rotatable bonds is 7. The Hall–Kier alpha value is -2.63. The molecule has 0 N–H and O–H groups in total. The van der Waals surface area contributed by atoms with E-state index in [4.69, 9.17) is 4.74 Å². The molecule has 0 bridgehead atoms. The van der Waals surface area contributed by atoms with Crippen LogP contribution in [-0.2, 0) is 16.0 Å². The number of hydrogen-bond donors (Lipinski definition) is 0. The van der Waals surface area contributed by atoms with Crippen LogP contribution < -0.4 is 0 Å². The Morgan fingerprint density at radius 3 is 2.39 bits per heavy atom. The minimum Gasteiger partial charge on any atom is -0.460 e. The van der Waals surface area contributed by atoms with Gasteiger partial charge in [-0.05, 0) is 52.7 Å². The van der Waals surface area contributed by atoms with Crippen LogP contribution in [0.3, 0.4) is 0 Å². The lowest BCUT2D eigenvalue weighted by atomic mass is 10.1. The molecule has 28 heavy (non-hydrogen) atoms. The van der Waals surface area contributed by atoms with Gasteiger partial charge in [0.2, 0.25) is 0 Å². The predicted octanol–water partition coefficient (Wildman–Crippen LogP) is 3.94. The smallest absolute Gasteiger partial charge is 0.306 e. The van der Waals surface area contributed by atoms with E-state index in [1.807, 2.05) is 63.6 Å². The van der Waals surface area contributed by atoms with E-state index >= 15 is 0 Å². The largest absolute Gasteiger partial charge is 0.460 e. The van der Waals surface area contributed by atoms with E-state index < -0.39 is 5.60 Å². The van der Waals surface area contributed by atoms with Crippen LogP contribution in [0.1, 0.15) is 62.2 Å². The number of amides is 1. The molecule has 1 aromatic heterocycles. The Labute approximate surface area is 167 Å². The highest BCUT2D eigenvalue weighted by Gasteiger charge is 2.21. The fraction of sp³-hybridized carbons (Fsp3) is 0.500. The molecule has 0 saturated carbocycles. The maximum Gasteiger partial charge on any atom is 0.306 e. The summed E-state index contributed by atoms with van der Waals surface area (Å²) in [6, 6.07) is 8.06. The Morgan fingerprint density at radius 1 is 1.18 bits per heavy atom. The van der Waals surface area contributed by atoms with Gasteiger partial charge in [0, 0.05) is 20.0 Å². The Balaban J connectivity index is 2.03. The van der Waals surface area contributed by atoms with Crippen LogP contribution >= 0.6 is 0 Å². The summed E-state index contributed by atoms with van der Waals surface area (Å²) >= 11 is 0. The van der Waals surface area contributed by atoms with Crippen LogP contribution in [0.2, 0.25) is 0 Å². The fourth-order valence-electron chi connectivity index (χ4n) is 2.96. The van der Waals surface area contributed by atoms with Gasteiger partial charge in [0.25, 0.3) is 5.91 Å². The average Bonchev–Trinajstić information content (AvgIpc) is 3.03. The molecule has 1 aromatic carbocycles. The van der Waals surface area contributed by atoms with Gasteiger partial charge in [0.1, 0.15) is 5.60 Å². The molecule has 1 amide bonds. The third-order valence-corrected chi connectivity index (χ3v) is 4.35. The molecular weight excluding hydrogens is 354 g/mol. The van der Waals surface area contributed by atoms with Gasteiger partial charge in [0.05, 0.1) is 23.1 Å². The second-order valence-electron chi connectivity index (χ2n) is 8.02. The molecule has 6 heteroatoms. The van der Waals surface area contributed by atoms with Gasteiger partial charge in [-0.2, -0.15) is 5.10 Å². The molecule has 0 atom stereocenters. The van der Waals surface area contributed by atoms with Crippen molar-refractivity contribution in [1.82, 2.24) is 14.7 Å². The van der Waals surface area contributed by atoms with Gasteiger partial charge >= 0.3 is 5.97 Å². The normalized spacial score (nSPS) is 11.4. The Morgan fingerprint density at radius 2 is 1.82 bits per heavy atom. The molecule has 0 saturated heterocycles. The fourth-order valence-corrected chi connectivity index (χ4v) is 2.96. The predicted molar refractivity (Wildman–Crippen MR) is 110 cm³/mol. The molecule has 0 aliphatic carbocycles. The number of carbonyl (C=O) groups is 2. The molecule has 0 aliphatic rings. The quantitative estimate of drug-likeness (QED) is 0.677. The summed E-state index contributed by atoms with van der Waals surface area (Å²) in [5, 5.41) is 4.43. The second kappa shape index (κ2) is 9.04. The molecule has 0 radical (unpaired) electrons. The van der Waals surface area contributed by atoms with Crippen molar-refractivity contribution in [3.8, 4) is 5.69 Å².